The number of hydrogen-bond acceptors (Lipinski definition) is 2. The topological polar surface area (TPSA) is 20.3 Å². The van der Waals surface area contributed by atoms with E-state index in [1.165, 1.54) is 11.3 Å². The third kappa shape index (κ3) is 2.85. The molecule has 2 rings (SSSR count). The molecular weight excluding hydrogens is 218 g/mol. The quantitative estimate of drug-likeness (QED) is 0.774. The number of thiophene rings is 1. The van der Waals surface area contributed by atoms with E-state index in [0.29, 0.717) is 24.2 Å². The van der Waals surface area contributed by atoms with E-state index in [1.807, 2.05) is 22.4 Å². The highest BCUT2D eigenvalue weighted by molar-refractivity contribution is 7.10. The Morgan fingerprint density at radius 1 is 1.44 bits per heavy atom. The van der Waals surface area contributed by atoms with Gasteiger partial charge in [0.05, 0.1) is 6.42 Å². The van der Waals surface area contributed by atoms with Gasteiger partial charge < -0.3 is 4.90 Å². The first-order valence-corrected chi connectivity index (χ1v) is 6.83. The van der Waals surface area contributed by atoms with Gasteiger partial charge in [0.2, 0.25) is 5.91 Å². The summed E-state index contributed by atoms with van der Waals surface area (Å²) in [6, 6.07) is 4.05. The normalized spacial score (nSPS) is 25.8. The van der Waals surface area contributed by atoms with Crippen molar-refractivity contribution in [2.24, 2.45) is 11.8 Å². The highest BCUT2D eigenvalue weighted by atomic mass is 32.1. The Morgan fingerprint density at radius 2 is 2.12 bits per heavy atom. The lowest BCUT2D eigenvalue weighted by molar-refractivity contribution is -0.133. The van der Waals surface area contributed by atoms with Gasteiger partial charge in [0.1, 0.15) is 0 Å². The fourth-order valence-corrected chi connectivity index (χ4v) is 3.24. The van der Waals surface area contributed by atoms with Crippen LogP contribution >= 0.6 is 11.3 Å². The average molecular weight is 237 g/mol. The molecule has 2 unspecified atom stereocenters. The summed E-state index contributed by atoms with van der Waals surface area (Å²) in [4.78, 5) is 15.3. The Bertz CT molecular complexity index is 337. The van der Waals surface area contributed by atoms with Gasteiger partial charge in [-0.3, -0.25) is 4.79 Å². The van der Waals surface area contributed by atoms with Crippen LogP contribution in [-0.4, -0.2) is 23.9 Å². The number of hydrogen-bond donors (Lipinski definition) is 0. The maximum absolute atomic E-state index is 12.1. The Labute approximate surface area is 101 Å². The van der Waals surface area contributed by atoms with Crippen molar-refractivity contribution in [2.45, 2.75) is 26.7 Å². The van der Waals surface area contributed by atoms with Gasteiger partial charge >= 0.3 is 0 Å². The highest BCUT2D eigenvalue weighted by Gasteiger charge is 2.25. The third-order valence-electron chi connectivity index (χ3n) is 3.13. The van der Waals surface area contributed by atoms with Crippen LogP contribution in [0, 0.1) is 11.8 Å². The minimum Gasteiger partial charge on any atom is -0.342 e. The van der Waals surface area contributed by atoms with Crippen LogP contribution in [0.3, 0.4) is 0 Å². The van der Waals surface area contributed by atoms with Crippen LogP contribution in [0.5, 0.6) is 0 Å². The van der Waals surface area contributed by atoms with Gasteiger partial charge in [-0.1, -0.05) is 19.9 Å². The standard InChI is InChI=1S/C13H19NOS/c1-10-6-11(2)9-14(8-10)13(15)7-12-4-3-5-16-12/h3-5,10-11H,6-9H2,1-2H3. The molecule has 1 aliphatic heterocycles. The lowest BCUT2D eigenvalue weighted by atomic mass is 9.92. The largest absolute Gasteiger partial charge is 0.342 e. The van der Waals surface area contributed by atoms with Gasteiger partial charge in [-0.15, -0.1) is 11.3 Å². The van der Waals surface area contributed by atoms with E-state index >= 15 is 0 Å². The van der Waals surface area contributed by atoms with Crippen LogP contribution in [0.1, 0.15) is 25.1 Å². The molecule has 0 aromatic carbocycles. The van der Waals surface area contributed by atoms with E-state index in [0.717, 1.165) is 13.1 Å². The lowest BCUT2D eigenvalue weighted by Crippen LogP contribution is -2.43. The van der Waals surface area contributed by atoms with Crippen molar-refractivity contribution in [3.05, 3.63) is 22.4 Å². The third-order valence-corrected chi connectivity index (χ3v) is 4.00. The molecule has 0 radical (unpaired) electrons. The molecule has 0 spiro atoms. The average Bonchev–Trinajstić information content (AvgIpc) is 2.68. The zero-order valence-corrected chi connectivity index (χ0v) is 10.8. The Hall–Kier alpha value is -0.830. The molecule has 1 aromatic rings. The predicted octanol–water partition coefficient (Wildman–Crippen LogP) is 2.80. The van der Waals surface area contributed by atoms with Gasteiger partial charge in [-0.25, -0.2) is 0 Å². The first kappa shape index (κ1) is 11.6. The maximum atomic E-state index is 12.1. The molecule has 2 nitrogen and oxygen atoms in total. The molecule has 0 aliphatic carbocycles. The molecule has 1 aromatic heterocycles. The molecule has 0 saturated carbocycles. The summed E-state index contributed by atoms with van der Waals surface area (Å²) >= 11 is 1.67. The summed E-state index contributed by atoms with van der Waals surface area (Å²) in [5, 5.41) is 2.03. The smallest absolute Gasteiger partial charge is 0.227 e. The Morgan fingerprint density at radius 3 is 2.69 bits per heavy atom. The van der Waals surface area contributed by atoms with Gasteiger partial charge in [0.25, 0.3) is 0 Å². The summed E-state index contributed by atoms with van der Waals surface area (Å²) in [6.07, 6.45) is 1.83. The molecule has 1 amide bonds. The minimum absolute atomic E-state index is 0.292. The number of piperidine rings is 1. The summed E-state index contributed by atoms with van der Waals surface area (Å²) in [6.45, 7) is 6.35. The molecular formula is C13H19NOS. The summed E-state index contributed by atoms with van der Waals surface area (Å²) in [7, 11) is 0. The molecule has 2 atom stereocenters. The van der Waals surface area contributed by atoms with Crippen LogP contribution in [0.15, 0.2) is 17.5 Å². The second-order valence-corrected chi connectivity index (χ2v) is 6.03. The predicted molar refractivity (Wildman–Crippen MR) is 67.5 cm³/mol. The fourth-order valence-electron chi connectivity index (χ4n) is 2.54. The van der Waals surface area contributed by atoms with Crippen molar-refractivity contribution in [3.8, 4) is 0 Å². The molecule has 1 aliphatic rings. The minimum atomic E-state index is 0.292. The fraction of sp³-hybridized carbons (Fsp3) is 0.615. The lowest BCUT2D eigenvalue weighted by Gasteiger charge is -2.35. The molecule has 1 saturated heterocycles. The number of likely N-dealkylation sites (tertiary alicyclic amines) is 1. The molecule has 3 heteroatoms. The number of amides is 1. The zero-order chi connectivity index (χ0) is 11.5. The van der Waals surface area contributed by atoms with Gasteiger partial charge in [0.15, 0.2) is 0 Å². The van der Waals surface area contributed by atoms with Crippen LogP contribution in [-0.2, 0) is 11.2 Å². The second kappa shape index (κ2) is 5.00. The van der Waals surface area contributed by atoms with Crippen molar-refractivity contribution < 1.29 is 4.79 Å². The summed E-state index contributed by atoms with van der Waals surface area (Å²) in [5.41, 5.74) is 0. The van der Waals surface area contributed by atoms with Gasteiger partial charge in [0, 0.05) is 18.0 Å². The molecule has 16 heavy (non-hydrogen) atoms. The number of carbonyl (C=O) groups is 1. The van der Waals surface area contributed by atoms with Gasteiger partial charge in [-0.2, -0.15) is 0 Å². The first-order chi connectivity index (χ1) is 7.65. The van der Waals surface area contributed by atoms with Gasteiger partial charge in [-0.05, 0) is 29.7 Å². The van der Waals surface area contributed by atoms with Crippen LogP contribution < -0.4 is 0 Å². The van der Waals surface area contributed by atoms with E-state index in [9.17, 15) is 4.79 Å². The maximum Gasteiger partial charge on any atom is 0.227 e. The van der Waals surface area contributed by atoms with E-state index in [4.69, 9.17) is 0 Å². The van der Waals surface area contributed by atoms with Crippen molar-refractivity contribution in [1.29, 1.82) is 0 Å². The summed E-state index contributed by atoms with van der Waals surface area (Å²) in [5.74, 6) is 1.59. The molecule has 0 N–H and O–H groups in total. The number of nitrogens with zero attached hydrogens (tertiary/aromatic N) is 1. The van der Waals surface area contributed by atoms with E-state index in [2.05, 4.69) is 13.8 Å². The molecule has 0 bridgehead atoms. The molecule has 1 fully saturated rings. The van der Waals surface area contributed by atoms with E-state index in [1.54, 1.807) is 11.3 Å². The second-order valence-electron chi connectivity index (χ2n) is 5.00. The Kier molecular flexibility index (Phi) is 3.64. The molecule has 2 heterocycles. The Balaban J connectivity index is 1.94. The van der Waals surface area contributed by atoms with Crippen molar-refractivity contribution in [1.82, 2.24) is 4.90 Å². The van der Waals surface area contributed by atoms with Crippen molar-refractivity contribution in [3.63, 3.8) is 0 Å². The first-order valence-electron chi connectivity index (χ1n) is 5.95. The van der Waals surface area contributed by atoms with Crippen molar-refractivity contribution >= 4 is 17.2 Å². The molecule has 88 valence electrons. The monoisotopic (exact) mass is 237 g/mol. The van der Waals surface area contributed by atoms with Crippen LogP contribution in [0.25, 0.3) is 0 Å². The number of carbonyl (C=O) groups excluding carboxylic acids is 1. The highest BCUT2D eigenvalue weighted by Crippen LogP contribution is 2.22. The van der Waals surface area contributed by atoms with Crippen LogP contribution in [0.4, 0.5) is 0 Å². The van der Waals surface area contributed by atoms with E-state index < -0.39 is 0 Å². The van der Waals surface area contributed by atoms with Crippen LogP contribution in [0.2, 0.25) is 0 Å². The zero-order valence-electron chi connectivity index (χ0n) is 9.98. The van der Waals surface area contributed by atoms with Crippen molar-refractivity contribution in [2.75, 3.05) is 13.1 Å². The number of rotatable bonds is 2. The summed E-state index contributed by atoms with van der Waals surface area (Å²) < 4.78 is 0. The van der Waals surface area contributed by atoms with E-state index in [-0.39, 0.29) is 0 Å². The SMILES string of the molecule is CC1CC(C)CN(C(=O)Cc2cccs2)C1.